The van der Waals surface area contributed by atoms with Crippen LogP contribution in [0.3, 0.4) is 0 Å². The third-order valence-corrected chi connectivity index (χ3v) is 3.52. The zero-order valence-corrected chi connectivity index (χ0v) is 13.4. The van der Waals surface area contributed by atoms with Crippen LogP contribution < -0.4 is 9.47 Å². The van der Waals surface area contributed by atoms with Gasteiger partial charge in [-0.25, -0.2) is 0 Å². The van der Waals surface area contributed by atoms with Gasteiger partial charge in [-0.05, 0) is 30.4 Å². The molecule has 0 N–H and O–H groups in total. The van der Waals surface area contributed by atoms with E-state index in [0.717, 1.165) is 24.2 Å². The Bertz CT molecular complexity index is 457. The highest BCUT2D eigenvalue weighted by Crippen LogP contribution is 2.34. The van der Waals surface area contributed by atoms with Gasteiger partial charge in [-0.1, -0.05) is 25.4 Å². The van der Waals surface area contributed by atoms with Gasteiger partial charge in [0.15, 0.2) is 0 Å². The second-order valence-corrected chi connectivity index (χ2v) is 5.51. The Hall–Kier alpha value is -1.22. The highest BCUT2D eigenvalue weighted by Gasteiger charge is 2.15. The number of hydrogen-bond acceptors (Lipinski definition) is 3. The largest absolute Gasteiger partial charge is 0.496 e. The summed E-state index contributed by atoms with van der Waals surface area (Å²) in [6.45, 7) is 4.10. The number of ketones is 1. The second kappa shape index (κ2) is 8.15. The van der Waals surface area contributed by atoms with Crippen molar-refractivity contribution >= 4 is 17.4 Å². The first-order valence-electron chi connectivity index (χ1n) is 6.93. The SMILES string of the molecule is CCCC(=O)CC(C)Cc1cc(OC)c(Cl)cc1OC. The molecule has 0 fully saturated rings. The quantitative estimate of drug-likeness (QED) is 0.718. The molecule has 1 aromatic rings. The van der Waals surface area contributed by atoms with Crippen molar-refractivity contribution in [2.45, 2.75) is 39.5 Å². The molecular formula is C16H23ClO3. The van der Waals surface area contributed by atoms with Crippen molar-refractivity contribution < 1.29 is 14.3 Å². The molecule has 0 spiro atoms. The Kier molecular flexibility index (Phi) is 6.86. The van der Waals surface area contributed by atoms with Crippen molar-refractivity contribution in [1.29, 1.82) is 0 Å². The maximum absolute atomic E-state index is 11.7. The number of benzene rings is 1. The monoisotopic (exact) mass is 298 g/mol. The molecule has 1 atom stereocenters. The number of methoxy groups -OCH3 is 2. The number of hydrogen-bond donors (Lipinski definition) is 0. The summed E-state index contributed by atoms with van der Waals surface area (Å²) in [5.41, 5.74) is 1.02. The molecule has 0 aromatic heterocycles. The summed E-state index contributed by atoms with van der Waals surface area (Å²) in [6, 6.07) is 3.65. The van der Waals surface area contributed by atoms with Gasteiger partial charge in [0.05, 0.1) is 19.2 Å². The molecule has 1 rings (SSSR count). The van der Waals surface area contributed by atoms with E-state index in [1.165, 1.54) is 0 Å². The maximum Gasteiger partial charge on any atom is 0.137 e. The van der Waals surface area contributed by atoms with Gasteiger partial charge >= 0.3 is 0 Å². The highest BCUT2D eigenvalue weighted by molar-refractivity contribution is 6.32. The summed E-state index contributed by atoms with van der Waals surface area (Å²) in [6.07, 6.45) is 2.93. The molecule has 4 heteroatoms. The fourth-order valence-corrected chi connectivity index (χ4v) is 2.53. The van der Waals surface area contributed by atoms with Crippen LogP contribution in [-0.2, 0) is 11.2 Å². The van der Waals surface area contributed by atoms with Gasteiger partial charge in [-0.3, -0.25) is 4.79 Å². The van der Waals surface area contributed by atoms with E-state index in [1.54, 1.807) is 20.3 Å². The molecule has 3 nitrogen and oxygen atoms in total. The van der Waals surface area contributed by atoms with Crippen molar-refractivity contribution in [2.75, 3.05) is 14.2 Å². The van der Waals surface area contributed by atoms with E-state index in [0.29, 0.717) is 29.4 Å². The van der Waals surface area contributed by atoms with Crippen LogP contribution in [0.2, 0.25) is 5.02 Å². The Balaban J connectivity index is 2.82. The van der Waals surface area contributed by atoms with Gasteiger partial charge in [-0.2, -0.15) is 0 Å². The Morgan fingerprint density at radius 1 is 1.25 bits per heavy atom. The molecule has 0 amide bonds. The first kappa shape index (κ1) is 16.8. The molecular weight excluding hydrogens is 276 g/mol. The van der Waals surface area contributed by atoms with E-state index in [9.17, 15) is 4.79 Å². The minimum absolute atomic E-state index is 0.272. The number of carbonyl (C=O) groups is 1. The van der Waals surface area contributed by atoms with Crippen LogP contribution in [0.5, 0.6) is 11.5 Å². The van der Waals surface area contributed by atoms with Crippen molar-refractivity contribution in [2.24, 2.45) is 5.92 Å². The summed E-state index contributed by atoms with van der Waals surface area (Å²) in [5.74, 6) is 1.97. The van der Waals surface area contributed by atoms with Gasteiger partial charge in [-0.15, -0.1) is 0 Å². The number of halogens is 1. The van der Waals surface area contributed by atoms with Crippen molar-refractivity contribution in [1.82, 2.24) is 0 Å². The normalized spacial score (nSPS) is 12.1. The lowest BCUT2D eigenvalue weighted by atomic mass is 9.94. The minimum atomic E-state index is 0.272. The first-order valence-corrected chi connectivity index (χ1v) is 7.31. The smallest absolute Gasteiger partial charge is 0.137 e. The molecule has 1 unspecified atom stereocenters. The van der Waals surface area contributed by atoms with Crippen LogP contribution in [0.1, 0.15) is 38.7 Å². The summed E-state index contributed by atoms with van der Waals surface area (Å²) < 4.78 is 10.6. The molecule has 112 valence electrons. The topological polar surface area (TPSA) is 35.5 Å². The number of Topliss-reactive ketones (excluding diaryl/α,β-unsaturated/α-hetero) is 1. The Morgan fingerprint density at radius 3 is 2.45 bits per heavy atom. The van der Waals surface area contributed by atoms with Crippen LogP contribution in [0.4, 0.5) is 0 Å². The molecule has 0 aliphatic carbocycles. The average Bonchev–Trinajstić information content (AvgIpc) is 2.40. The lowest BCUT2D eigenvalue weighted by Crippen LogP contribution is -2.08. The number of carbonyl (C=O) groups excluding carboxylic acids is 1. The molecule has 1 aromatic carbocycles. The van der Waals surface area contributed by atoms with E-state index in [1.807, 2.05) is 13.0 Å². The molecule has 0 radical (unpaired) electrons. The summed E-state index contributed by atoms with van der Waals surface area (Å²) in [7, 11) is 3.21. The van der Waals surface area contributed by atoms with Crippen molar-refractivity contribution in [3.8, 4) is 11.5 Å². The molecule has 0 bridgehead atoms. The van der Waals surface area contributed by atoms with E-state index in [2.05, 4.69) is 6.92 Å². The van der Waals surface area contributed by atoms with Gasteiger partial charge in [0.2, 0.25) is 0 Å². The van der Waals surface area contributed by atoms with E-state index < -0.39 is 0 Å². The maximum atomic E-state index is 11.7. The lowest BCUT2D eigenvalue weighted by molar-refractivity contribution is -0.119. The fraction of sp³-hybridized carbons (Fsp3) is 0.562. The lowest BCUT2D eigenvalue weighted by Gasteiger charge is -2.15. The molecule has 0 saturated carbocycles. The van der Waals surface area contributed by atoms with Crippen LogP contribution in [0.15, 0.2) is 12.1 Å². The second-order valence-electron chi connectivity index (χ2n) is 5.10. The molecule has 0 saturated heterocycles. The van der Waals surface area contributed by atoms with Gasteiger partial charge in [0.1, 0.15) is 17.3 Å². The first-order chi connectivity index (χ1) is 9.51. The predicted molar refractivity (Wildman–Crippen MR) is 82.0 cm³/mol. The summed E-state index contributed by atoms with van der Waals surface area (Å²) >= 11 is 6.08. The van der Waals surface area contributed by atoms with Crippen LogP contribution >= 0.6 is 11.6 Å². The third kappa shape index (κ3) is 4.71. The molecule has 20 heavy (non-hydrogen) atoms. The Morgan fingerprint density at radius 2 is 1.90 bits per heavy atom. The fourth-order valence-electron chi connectivity index (χ4n) is 2.30. The summed E-state index contributed by atoms with van der Waals surface area (Å²) in [5, 5.41) is 0.530. The van der Waals surface area contributed by atoms with Crippen LogP contribution in [0, 0.1) is 5.92 Å². The minimum Gasteiger partial charge on any atom is -0.496 e. The zero-order valence-electron chi connectivity index (χ0n) is 12.7. The molecule has 0 aliphatic rings. The number of rotatable bonds is 8. The van der Waals surface area contributed by atoms with Gasteiger partial charge in [0.25, 0.3) is 0 Å². The van der Waals surface area contributed by atoms with E-state index in [-0.39, 0.29) is 5.92 Å². The number of ether oxygens (including phenoxy) is 2. The van der Waals surface area contributed by atoms with Crippen LogP contribution in [0.25, 0.3) is 0 Å². The Labute approximate surface area is 126 Å². The zero-order chi connectivity index (χ0) is 15.1. The van der Waals surface area contributed by atoms with E-state index >= 15 is 0 Å². The molecule has 0 heterocycles. The van der Waals surface area contributed by atoms with Crippen LogP contribution in [-0.4, -0.2) is 20.0 Å². The summed E-state index contributed by atoms with van der Waals surface area (Å²) in [4.78, 5) is 11.7. The van der Waals surface area contributed by atoms with Crippen molar-refractivity contribution in [3.05, 3.63) is 22.7 Å². The third-order valence-electron chi connectivity index (χ3n) is 3.23. The predicted octanol–water partition coefficient (Wildman–Crippen LogP) is 4.30. The molecule has 0 aliphatic heterocycles. The average molecular weight is 299 g/mol. The van der Waals surface area contributed by atoms with E-state index in [4.69, 9.17) is 21.1 Å². The van der Waals surface area contributed by atoms with Gasteiger partial charge in [0, 0.05) is 18.9 Å². The standard InChI is InChI=1S/C16H23ClO3/c1-5-6-13(18)8-11(2)7-12-9-16(20-4)14(17)10-15(12)19-3/h9-11H,5-8H2,1-4H3. The van der Waals surface area contributed by atoms with Crippen molar-refractivity contribution in [3.63, 3.8) is 0 Å². The highest BCUT2D eigenvalue weighted by atomic mass is 35.5. The van der Waals surface area contributed by atoms with Gasteiger partial charge < -0.3 is 9.47 Å².